The summed E-state index contributed by atoms with van der Waals surface area (Å²) >= 11 is 6.02. The Morgan fingerprint density at radius 1 is 1.16 bits per heavy atom. The van der Waals surface area contributed by atoms with Crippen LogP contribution < -0.4 is 5.32 Å². The lowest BCUT2D eigenvalue weighted by atomic mass is 9.76. The van der Waals surface area contributed by atoms with E-state index in [-0.39, 0.29) is 0 Å². The zero-order valence-electron chi connectivity index (χ0n) is 11.4. The minimum absolute atomic E-state index is 0.331. The Morgan fingerprint density at radius 3 is 2.68 bits per heavy atom. The first-order valence-electron chi connectivity index (χ1n) is 7.39. The summed E-state index contributed by atoms with van der Waals surface area (Å²) < 4.78 is 0. The second-order valence-electron chi connectivity index (χ2n) is 5.51. The maximum atomic E-state index is 8.69. The van der Waals surface area contributed by atoms with Crippen molar-refractivity contribution in [2.75, 3.05) is 13.2 Å². The molecule has 106 valence electrons. The average Bonchev–Trinajstić information content (AvgIpc) is 2.35. The molecule has 2 nitrogen and oxygen atoms in total. The fraction of sp³-hybridized carbons (Fsp3) is 0.625. The highest BCUT2D eigenvalue weighted by molar-refractivity contribution is 6.30. The molecule has 0 heterocycles. The average molecular weight is 282 g/mol. The molecule has 1 aliphatic carbocycles. The van der Waals surface area contributed by atoms with Crippen LogP contribution in [0.2, 0.25) is 5.02 Å². The van der Waals surface area contributed by atoms with Crippen molar-refractivity contribution in [1.82, 2.24) is 5.32 Å². The predicted molar refractivity (Wildman–Crippen MR) is 80.8 cm³/mol. The summed E-state index contributed by atoms with van der Waals surface area (Å²) in [6, 6.07) is 8.94. The van der Waals surface area contributed by atoms with Crippen LogP contribution in [0.3, 0.4) is 0 Å². The van der Waals surface area contributed by atoms with Gasteiger partial charge in [0.15, 0.2) is 0 Å². The molecule has 2 N–H and O–H groups in total. The molecule has 0 aromatic heterocycles. The standard InChI is InChI=1S/C16H24ClNO/c17-15-7-5-6-13(10-15)14-11-16(12-14)18-8-3-1-2-4-9-19/h5-7,10,14,16,18-19H,1-4,8-9,11-12H2. The quantitative estimate of drug-likeness (QED) is 0.712. The van der Waals surface area contributed by atoms with E-state index in [9.17, 15) is 0 Å². The number of rotatable bonds is 8. The first-order valence-corrected chi connectivity index (χ1v) is 7.77. The van der Waals surface area contributed by atoms with E-state index in [2.05, 4.69) is 17.4 Å². The zero-order valence-corrected chi connectivity index (χ0v) is 12.2. The number of aliphatic hydroxyl groups excluding tert-OH is 1. The molecule has 0 radical (unpaired) electrons. The number of aliphatic hydroxyl groups is 1. The van der Waals surface area contributed by atoms with Gasteiger partial charge in [0.25, 0.3) is 0 Å². The number of hydrogen-bond acceptors (Lipinski definition) is 2. The summed E-state index contributed by atoms with van der Waals surface area (Å²) in [5.74, 6) is 0.686. The van der Waals surface area contributed by atoms with Crippen LogP contribution in [0, 0.1) is 0 Å². The molecule has 1 aromatic rings. The summed E-state index contributed by atoms with van der Waals surface area (Å²) in [6.07, 6.45) is 7.00. The molecule has 1 fully saturated rings. The van der Waals surface area contributed by atoms with Crippen molar-refractivity contribution in [3.63, 3.8) is 0 Å². The molecule has 3 heteroatoms. The maximum absolute atomic E-state index is 8.69. The van der Waals surface area contributed by atoms with Gasteiger partial charge in [0.05, 0.1) is 0 Å². The Morgan fingerprint density at radius 2 is 1.95 bits per heavy atom. The predicted octanol–water partition coefficient (Wildman–Crippen LogP) is 3.73. The smallest absolute Gasteiger partial charge is 0.0431 e. The van der Waals surface area contributed by atoms with Crippen LogP contribution in [0.1, 0.15) is 50.0 Å². The highest BCUT2D eigenvalue weighted by Crippen LogP contribution is 2.37. The van der Waals surface area contributed by atoms with Crippen molar-refractivity contribution in [2.24, 2.45) is 0 Å². The van der Waals surface area contributed by atoms with Crippen LogP contribution in [0.25, 0.3) is 0 Å². The molecule has 0 amide bonds. The van der Waals surface area contributed by atoms with Crippen LogP contribution in [0.5, 0.6) is 0 Å². The molecular weight excluding hydrogens is 258 g/mol. The van der Waals surface area contributed by atoms with E-state index in [0.717, 1.165) is 24.4 Å². The molecule has 0 atom stereocenters. The van der Waals surface area contributed by atoms with Crippen LogP contribution in [-0.2, 0) is 0 Å². The third-order valence-corrected chi connectivity index (χ3v) is 4.21. The van der Waals surface area contributed by atoms with Gasteiger partial charge in [0, 0.05) is 17.7 Å². The molecule has 1 aliphatic rings. The topological polar surface area (TPSA) is 32.3 Å². The van der Waals surface area contributed by atoms with Crippen molar-refractivity contribution < 1.29 is 5.11 Å². The number of unbranched alkanes of at least 4 members (excludes halogenated alkanes) is 3. The van der Waals surface area contributed by atoms with Gasteiger partial charge in [-0.2, -0.15) is 0 Å². The largest absolute Gasteiger partial charge is 0.396 e. The van der Waals surface area contributed by atoms with E-state index in [1.54, 1.807) is 0 Å². The Kier molecular flexibility index (Phi) is 6.15. The second kappa shape index (κ2) is 7.88. The van der Waals surface area contributed by atoms with E-state index >= 15 is 0 Å². The molecule has 0 spiro atoms. The Hall–Kier alpha value is -0.570. The van der Waals surface area contributed by atoms with Gasteiger partial charge < -0.3 is 10.4 Å². The van der Waals surface area contributed by atoms with Gasteiger partial charge in [-0.15, -0.1) is 0 Å². The van der Waals surface area contributed by atoms with E-state index < -0.39 is 0 Å². The van der Waals surface area contributed by atoms with Gasteiger partial charge in [0.1, 0.15) is 0 Å². The van der Waals surface area contributed by atoms with Gasteiger partial charge >= 0.3 is 0 Å². The SMILES string of the molecule is OCCCCCCNC1CC(c2cccc(Cl)c2)C1. The fourth-order valence-electron chi connectivity index (χ4n) is 2.71. The molecule has 19 heavy (non-hydrogen) atoms. The van der Waals surface area contributed by atoms with Crippen molar-refractivity contribution >= 4 is 11.6 Å². The van der Waals surface area contributed by atoms with Crippen LogP contribution in [-0.4, -0.2) is 24.3 Å². The van der Waals surface area contributed by atoms with Gasteiger partial charge in [-0.1, -0.05) is 36.6 Å². The maximum Gasteiger partial charge on any atom is 0.0431 e. The Bertz CT molecular complexity index is 377. The lowest BCUT2D eigenvalue weighted by Crippen LogP contribution is -2.40. The molecule has 0 aliphatic heterocycles. The third-order valence-electron chi connectivity index (χ3n) is 3.98. The summed E-state index contributed by atoms with van der Waals surface area (Å²) in [4.78, 5) is 0. The van der Waals surface area contributed by atoms with E-state index in [1.165, 1.54) is 31.2 Å². The normalized spacial score (nSPS) is 22.2. The number of benzene rings is 1. The van der Waals surface area contributed by atoms with Crippen molar-refractivity contribution in [1.29, 1.82) is 0 Å². The van der Waals surface area contributed by atoms with Gasteiger partial charge in [-0.3, -0.25) is 0 Å². The number of halogens is 1. The second-order valence-corrected chi connectivity index (χ2v) is 5.95. The first kappa shape index (κ1) is 14.8. The minimum atomic E-state index is 0.331. The Balaban J connectivity index is 1.56. The van der Waals surface area contributed by atoms with Crippen LogP contribution >= 0.6 is 11.6 Å². The lowest BCUT2D eigenvalue weighted by molar-refractivity contribution is 0.277. The highest BCUT2D eigenvalue weighted by atomic mass is 35.5. The van der Waals surface area contributed by atoms with Gasteiger partial charge in [0.2, 0.25) is 0 Å². The van der Waals surface area contributed by atoms with E-state index in [0.29, 0.717) is 18.6 Å². The summed E-state index contributed by atoms with van der Waals surface area (Å²) in [5.41, 5.74) is 1.38. The Labute approximate surface area is 121 Å². The monoisotopic (exact) mass is 281 g/mol. The van der Waals surface area contributed by atoms with E-state index in [1.807, 2.05) is 12.1 Å². The van der Waals surface area contributed by atoms with Crippen LogP contribution in [0.15, 0.2) is 24.3 Å². The van der Waals surface area contributed by atoms with Crippen molar-refractivity contribution in [2.45, 2.75) is 50.5 Å². The molecule has 0 bridgehead atoms. The van der Waals surface area contributed by atoms with Crippen LogP contribution in [0.4, 0.5) is 0 Å². The molecule has 2 rings (SSSR count). The minimum Gasteiger partial charge on any atom is -0.396 e. The highest BCUT2D eigenvalue weighted by Gasteiger charge is 2.29. The van der Waals surface area contributed by atoms with Gasteiger partial charge in [-0.25, -0.2) is 0 Å². The number of nitrogens with one attached hydrogen (secondary N) is 1. The summed E-state index contributed by atoms with van der Waals surface area (Å²) in [5, 5.41) is 13.2. The number of hydrogen-bond donors (Lipinski definition) is 2. The first-order chi connectivity index (χ1) is 9.29. The van der Waals surface area contributed by atoms with E-state index in [4.69, 9.17) is 16.7 Å². The molecule has 1 saturated carbocycles. The summed E-state index contributed by atoms with van der Waals surface area (Å²) in [6.45, 7) is 1.44. The fourth-order valence-corrected chi connectivity index (χ4v) is 2.91. The van der Waals surface area contributed by atoms with Crippen molar-refractivity contribution in [3.05, 3.63) is 34.9 Å². The molecule has 1 aromatic carbocycles. The molecule has 0 unspecified atom stereocenters. The summed E-state index contributed by atoms with van der Waals surface area (Å²) in [7, 11) is 0. The lowest BCUT2D eigenvalue weighted by Gasteiger charge is -2.36. The molecular formula is C16H24ClNO. The molecule has 0 saturated heterocycles. The third kappa shape index (κ3) is 4.79. The van der Waals surface area contributed by atoms with Crippen molar-refractivity contribution in [3.8, 4) is 0 Å². The van der Waals surface area contributed by atoms with Gasteiger partial charge in [-0.05, 0) is 55.8 Å². The zero-order chi connectivity index (χ0) is 13.5.